The summed E-state index contributed by atoms with van der Waals surface area (Å²) >= 11 is 0. The minimum absolute atomic E-state index is 0.139. The summed E-state index contributed by atoms with van der Waals surface area (Å²) in [4.78, 5) is 0. The highest BCUT2D eigenvalue weighted by Crippen LogP contribution is 2.30. The monoisotopic (exact) mass is 262 g/mol. The van der Waals surface area contributed by atoms with Crippen molar-refractivity contribution in [3.05, 3.63) is 0 Å². The summed E-state index contributed by atoms with van der Waals surface area (Å²) < 4.78 is 67.0. The summed E-state index contributed by atoms with van der Waals surface area (Å²) in [6.45, 7) is 3.32. The van der Waals surface area contributed by atoms with Crippen molar-refractivity contribution in [3.63, 3.8) is 0 Å². The zero-order chi connectivity index (χ0) is 12.6. The van der Waals surface area contributed by atoms with E-state index >= 15 is 0 Å². The highest BCUT2D eigenvalue weighted by atomic mass is 32.2. The molecule has 0 bridgehead atoms. The van der Waals surface area contributed by atoms with Crippen molar-refractivity contribution < 1.29 is 30.5 Å². The van der Waals surface area contributed by atoms with Gasteiger partial charge in [0, 0.05) is 12.8 Å². The fourth-order valence-corrected chi connectivity index (χ4v) is 2.28. The SMILES string of the molecule is CC1CC(OS(=O)(=O)C(F)(F)F)CC(C)O1. The highest BCUT2D eigenvalue weighted by molar-refractivity contribution is 7.87. The van der Waals surface area contributed by atoms with Gasteiger partial charge in [0.05, 0.1) is 18.3 Å². The number of halogens is 3. The maximum atomic E-state index is 12.0. The summed E-state index contributed by atoms with van der Waals surface area (Å²) in [6.07, 6.45) is -1.31. The maximum Gasteiger partial charge on any atom is 0.523 e. The van der Waals surface area contributed by atoms with E-state index in [1.807, 2.05) is 0 Å². The number of hydrogen-bond acceptors (Lipinski definition) is 4. The molecule has 1 heterocycles. The zero-order valence-corrected chi connectivity index (χ0v) is 9.64. The van der Waals surface area contributed by atoms with Gasteiger partial charge in [0.2, 0.25) is 0 Å². The van der Waals surface area contributed by atoms with Crippen LogP contribution in [0.2, 0.25) is 0 Å². The first kappa shape index (κ1) is 13.7. The van der Waals surface area contributed by atoms with E-state index in [4.69, 9.17) is 4.74 Å². The van der Waals surface area contributed by atoms with Crippen molar-refractivity contribution in [2.45, 2.75) is 50.5 Å². The van der Waals surface area contributed by atoms with Crippen LogP contribution in [-0.4, -0.2) is 32.2 Å². The first-order chi connectivity index (χ1) is 7.12. The molecule has 0 radical (unpaired) electrons. The van der Waals surface area contributed by atoms with Crippen LogP contribution in [0.3, 0.4) is 0 Å². The van der Waals surface area contributed by atoms with Crippen molar-refractivity contribution >= 4 is 10.1 Å². The highest BCUT2D eigenvalue weighted by Gasteiger charge is 2.49. The van der Waals surface area contributed by atoms with Gasteiger partial charge in [0.25, 0.3) is 0 Å². The molecule has 1 rings (SSSR count). The lowest BCUT2D eigenvalue weighted by Gasteiger charge is -2.31. The van der Waals surface area contributed by atoms with Gasteiger partial charge in [0.15, 0.2) is 0 Å². The van der Waals surface area contributed by atoms with Gasteiger partial charge in [-0.1, -0.05) is 0 Å². The molecule has 0 amide bonds. The van der Waals surface area contributed by atoms with Gasteiger partial charge in [-0.05, 0) is 13.8 Å². The number of alkyl halides is 3. The van der Waals surface area contributed by atoms with Crippen LogP contribution < -0.4 is 0 Å². The average molecular weight is 262 g/mol. The Balaban J connectivity index is 2.68. The van der Waals surface area contributed by atoms with Gasteiger partial charge in [-0.2, -0.15) is 21.6 Å². The van der Waals surface area contributed by atoms with Crippen molar-refractivity contribution in [1.29, 1.82) is 0 Å². The molecule has 1 fully saturated rings. The molecule has 0 aromatic heterocycles. The summed E-state index contributed by atoms with van der Waals surface area (Å²) in [5, 5.41) is 0. The van der Waals surface area contributed by atoms with Gasteiger partial charge in [-0.3, -0.25) is 4.18 Å². The molecular weight excluding hydrogens is 249 g/mol. The predicted octanol–water partition coefficient (Wildman–Crippen LogP) is 1.81. The molecule has 16 heavy (non-hydrogen) atoms. The van der Waals surface area contributed by atoms with Crippen LogP contribution in [0.1, 0.15) is 26.7 Å². The molecule has 2 atom stereocenters. The Hall–Kier alpha value is -0.340. The lowest BCUT2D eigenvalue weighted by atomic mass is 10.0. The number of rotatable bonds is 2. The normalized spacial score (nSPS) is 32.7. The Labute approximate surface area is 91.8 Å². The molecule has 1 saturated heterocycles. The van der Waals surface area contributed by atoms with Crippen LogP contribution in [0, 0.1) is 0 Å². The van der Waals surface area contributed by atoms with E-state index in [2.05, 4.69) is 4.18 Å². The minimum atomic E-state index is -5.50. The molecule has 0 aromatic rings. The van der Waals surface area contributed by atoms with Crippen LogP contribution in [0.15, 0.2) is 0 Å². The van der Waals surface area contributed by atoms with Gasteiger partial charge in [-0.15, -0.1) is 0 Å². The second kappa shape index (κ2) is 4.50. The van der Waals surface area contributed by atoms with Crippen LogP contribution in [0.4, 0.5) is 13.2 Å². The lowest BCUT2D eigenvalue weighted by Crippen LogP contribution is -2.38. The first-order valence-electron chi connectivity index (χ1n) is 4.77. The summed E-state index contributed by atoms with van der Waals surface area (Å²) in [6, 6.07) is 0. The van der Waals surface area contributed by atoms with Crippen LogP contribution in [0.5, 0.6) is 0 Å². The lowest BCUT2D eigenvalue weighted by molar-refractivity contribution is -0.0872. The molecular formula is C8H13F3O4S. The number of hydrogen-bond donors (Lipinski definition) is 0. The fourth-order valence-electron chi connectivity index (χ4n) is 1.66. The molecule has 0 saturated carbocycles. The Morgan fingerprint density at radius 3 is 2.00 bits per heavy atom. The van der Waals surface area contributed by atoms with Crippen LogP contribution in [0.25, 0.3) is 0 Å². The van der Waals surface area contributed by atoms with E-state index in [9.17, 15) is 21.6 Å². The predicted molar refractivity (Wildman–Crippen MR) is 49.1 cm³/mol. The molecule has 0 N–H and O–H groups in total. The molecule has 0 aliphatic carbocycles. The molecule has 1 aliphatic rings. The molecule has 96 valence electrons. The van der Waals surface area contributed by atoms with Gasteiger partial charge < -0.3 is 4.74 Å². The molecule has 2 unspecified atom stereocenters. The smallest absolute Gasteiger partial charge is 0.375 e. The largest absolute Gasteiger partial charge is 0.523 e. The van der Waals surface area contributed by atoms with Crippen LogP contribution in [-0.2, 0) is 19.0 Å². The molecule has 8 heteroatoms. The quantitative estimate of drug-likeness (QED) is 0.562. The summed E-state index contributed by atoms with van der Waals surface area (Å²) in [5.74, 6) is 0. The molecule has 0 spiro atoms. The Morgan fingerprint density at radius 2 is 1.62 bits per heavy atom. The Morgan fingerprint density at radius 1 is 1.19 bits per heavy atom. The maximum absolute atomic E-state index is 12.0. The van der Waals surface area contributed by atoms with Crippen LogP contribution >= 0.6 is 0 Å². The van der Waals surface area contributed by atoms with Gasteiger partial charge >= 0.3 is 15.6 Å². The van der Waals surface area contributed by atoms with E-state index in [-0.39, 0.29) is 25.0 Å². The van der Waals surface area contributed by atoms with Gasteiger partial charge in [-0.25, -0.2) is 0 Å². The van der Waals surface area contributed by atoms with E-state index in [1.54, 1.807) is 13.8 Å². The van der Waals surface area contributed by atoms with E-state index in [0.717, 1.165) is 0 Å². The van der Waals surface area contributed by atoms with Crippen molar-refractivity contribution in [2.75, 3.05) is 0 Å². The van der Waals surface area contributed by atoms with E-state index in [0.29, 0.717) is 0 Å². The molecule has 1 aliphatic heterocycles. The van der Waals surface area contributed by atoms with E-state index < -0.39 is 21.7 Å². The zero-order valence-electron chi connectivity index (χ0n) is 8.82. The van der Waals surface area contributed by atoms with Crippen molar-refractivity contribution in [1.82, 2.24) is 0 Å². The van der Waals surface area contributed by atoms with Crippen molar-refractivity contribution in [2.24, 2.45) is 0 Å². The molecule has 0 aromatic carbocycles. The van der Waals surface area contributed by atoms with Crippen molar-refractivity contribution in [3.8, 4) is 0 Å². The topological polar surface area (TPSA) is 52.6 Å². The minimum Gasteiger partial charge on any atom is -0.375 e. The average Bonchev–Trinajstić information content (AvgIpc) is 1.97. The second-order valence-corrected chi connectivity index (χ2v) is 5.41. The number of ether oxygens (including phenoxy) is 1. The third kappa shape index (κ3) is 3.33. The Bertz CT molecular complexity index is 328. The fraction of sp³-hybridized carbons (Fsp3) is 1.00. The second-order valence-electron chi connectivity index (χ2n) is 3.85. The molecule has 4 nitrogen and oxygen atoms in total. The Kier molecular flexibility index (Phi) is 3.86. The summed E-state index contributed by atoms with van der Waals surface area (Å²) in [5.41, 5.74) is -5.36. The van der Waals surface area contributed by atoms with E-state index in [1.165, 1.54) is 0 Å². The third-order valence-electron chi connectivity index (χ3n) is 2.20. The van der Waals surface area contributed by atoms with Gasteiger partial charge in [0.1, 0.15) is 0 Å². The summed E-state index contributed by atoms with van der Waals surface area (Å²) in [7, 11) is -5.50. The standard InChI is InChI=1S/C8H13F3O4S/c1-5-3-7(4-6(2)14-5)15-16(12,13)8(9,10)11/h5-7H,3-4H2,1-2H3. The third-order valence-corrected chi connectivity index (χ3v) is 3.29. The first-order valence-corrected chi connectivity index (χ1v) is 6.17.